The van der Waals surface area contributed by atoms with Crippen LogP contribution in [-0.2, 0) is 14.1 Å². The zero-order chi connectivity index (χ0) is 18.7. The summed E-state index contributed by atoms with van der Waals surface area (Å²) in [5, 5.41) is 0.0956. The molecule has 2 rings (SSSR count). The van der Waals surface area contributed by atoms with E-state index in [4.69, 9.17) is 18.8 Å². The van der Waals surface area contributed by atoms with E-state index < -0.39 is 8.32 Å². The van der Waals surface area contributed by atoms with Gasteiger partial charge in [0.15, 0.2) is 4.90 Å². The van der Waals surface area contributed by atoms with Gasteiger partial charge in [0.25, 0.3) is 12.5 Å². The lowest BCUT2D eigenvalue weighted by Crippen LogP contribution is -2.46. The molecule has 0 saturated carbocycles. The Morgan fingerprint density at radius 3 is 2.36 bits per heavy atom. The van der Waals surface area contributed by atoms with Gasteiger partial charge in [0.05, 0.1) is 13.0 Å². The molecule has 0 N–H and O–H groups in total. The third-order valence-electron chi connectivity index (χ3n) is 4.99. The fraction of sp³-hybridized carbons (Fsp3) is 0.632. The summed E-state index contributed by atoms with van der Waals surface area (Å²) in [6, 6.07) is 8.12. The van der Waals surface area contributed by atoms with Crippen LogP contribution in [-0.4, -0.2) is 39.4 Å². The highest BCUT2D eigenvalue weighted by Crippen LogP contribution is 2.37. The van der Waals surface area contributed by atoms with Crippen molar-refractivity contribution in [2.24, 2.45) is 0 Å². The normalized spacial score (nSPS) is 21.3. The molecule has 1 heterocycles. The Morgan fingerprint density at radius 1 is 1.20 bits per heavy atom. The van der Waals surface area contributed by atoms with Gasteiger partial charge in [0.2, 0.25) is 0 Å². The number of benzene rings is 1. The summed E-state index contributed by atoms with van der Waals surface area (Å²) in [4.78, 5) is 7.45. The molecule has 0 spiro atoms. The van der Waals surface area contributed by atoms with Gasteiger partial charge in [0, 0.05) is 13.0 Å². The Bertz CT molecular complexity index is 592. The summed E-state index contributed by atoms with van der Waals surface area (Å²) in [6.45, 7) is 13.6. The molecule has 0 radical (unpaired) electrons. The largest absolute Gasteiger partial charge is 0.497 e. The average Bonchev–Trinajstić information content (AvgIpc) is 2.53. The van der Waals surface area contributed by atoms with Gasteiger partial charge in [-0.3, -0.25) is 0 Å². The van der Waals surface area contributed by atoms with Crippen LogP contribution >= 0.6 is 0 Å². The third kappa shape index (κ3) is 4.98. The van der Waals surface area contributed by atoms with Crippen molar-refractivity contribution >= 4 is 14.5 Å². The molecule has 0 aliphatic carbocycles. The molecule has 0 unspecified atom stereocenters. The maximum absolute atomic E-state index is 6.31. The lowest BCUT2D eigenvalue weighted by atomic mass is 9.96. The Morgan fingerprint density at radius 2 is 1.84 bits per heavy atom. The van der Waals surface area contributed by atoms with Crippen LogP contribution < -0.4 is 4.74 Å². The number of ether oxygens (including phenoxy) is 2. The van der Waals surface area contributed by atoms with Crippen molar-refractivity contribution in [3.8, 4) is 5.75 Å². The van der Waals surface area contributed by atoms with Crippen molar-refractivity contribution in [3.63, 3.8) is 0 Å². The predicted molar refractivity (Wildman–Crippen MR) is 101 cm³/mol. The van der Waals surface area contributed by atoms with Crippen molar-refractivity contribution < 1.29 is 23.7 Å². The lowest BCUT2D eigenvalue weighted by molar-refractivity contribution is -0.959. The summed E-state index contributed by atoms with van der Waals surface area (Å²) >= 11 is 0. The molecular formula is C19H32NO4Si+. The topological polar surface area (TPSA) is 39.9 Å². The smallest absolute Gasteiger partial charge is 0.351 e. The number of hydrogen-bond acceptors (Lipinski definition) is 4. The zero-order valence-corrected chi connectivity index (χ0v) is 17.5. The highest BCUT2D eigenvalue weighted by Gasteiger charge is 2.47. The van der Waals surface area contributed by atoms with Gasteiger partial charge in [-0.1, -0.05) is 32.9 Å². The highest BCUT2D eigenvalue weighted by molar-refractivity contribution is 6.73. The molecule has 1 aromatic rings. The van der Waals surface area contributed by atoms with Crippen LogP contribution in [0.15, 0.2) is 24.3 Å². The molecule has 140 valence electrons. The standard InChI is InChI=1S/C19H32NO4Si/c1-8-22-18-13-16(15-9-11-17(21-5)12-10-15)14-20(23-18)24-25(6,7)19(2,3)4/h9-12,14,16,18H,8,13H2,1-7H3/q+1/t16-,18+/m0/s1. The molecule has 1 aromatic carbocycles. The number of nitrogens with zero attached hydrogens (tertiary/aromatic N) is 1. The maximum atomic E-state index is 6.31. The molecule has 0 saturated heterocycles. The second-order valence-corrected chi connectivity index (χ2v) is 12.6. The summed E-state index contributed by atoms with van der Waals surface area (Å²) in [5.74, 6) is 1.02. The van der Waals surface area contributed by atoms with E-state index in [-0.39, 0.29) is 17.2 Å². The average molecular weight is 367 g/mol. The first-order valence-corrected chi connectivity index (χ1v) is 11.8. The molecule has 0 fully saturated rings. The zero-order valence-electron chi connectivity index (χ0n) is 16.5. The number of rotatable bonds is 6. The minimum absolute atomic E-state index is 0.0956. The van der Waals surface area contributed by atoms with Gasteiger partial charge in [-0.25, -0.2) is 0 Å². The van der Waals surface area contributed by atoms with E-state index in [9.17, 15) is 0 Å². The van der Waals surface area contributed by atoms with Crippen LogP contribution in [0.3, 0.4) is 0 Å². The minimum Gasteiger partial charge on any atom is -0.497 e. The van der Waals surface area contributed by atoms with E-state index in [1.807, 2.05) is 25.3 Å². The number of hydrogen-bond donors (Lipinski definition) is 0. The van der Waals surface area contributed by atoms with Gasteiger partial charge in [-0.15, -0.1) is 0 Å². The van der Waals surface area contributed by atoms with Crippen molar-refractivity contribution in [2.75, 3.05) is 13.7 Å². The molecular weight excluding hydrogens is 334 g/mol. The van der Waals surface area contributed by atoms with E-state index in [1.165, 1.54) is 5.56 Å². The SMILES string of the molecule is CCO[C@H]1C[C@H](c2ccc(OC)cc2)C=[N+](O[Si](C)(C)C(C)(C)C)O1. The maximum Gasteiger partial charge on any atom is 0.351 e. The molecule has 5 nitrogen and oxygen atoms in total. The van der Waals surface area contributed by atoms with E-state index in [2.05, 4.69) is 46.0 Å². The Labute approximate surface area is 152 Å². The molecule has 1 aliphatic rings. The van der Waals surface area contributed by atoms with Crippen LogP contribution in [0.5, 0.6) is 5.75 Å². The second-order valence-electron chi connectivity index (χ2n) is 7.89. The van der Waals surface area contributed by atoms with Crippen LogP contribution in [0.1, 0.15) is 45.6 Å². The molecule has 2 atom stereocenters. The molecule has 0 amide bonds. The first kappa shape index (κ1) is 19.8. The van der Waals surface area contributed by atoms with E-state index in [0.717, 1.165) is 12.2 Å². The fourth-order valence-corrected chi connectivity index (χ4v) is 3.21. The first-order valence-electron chi connectivity index (χ1n) is 8.92. The van der Waals surface area contributed by atoms with Crippen molar-refractivity contribution in [1.29, 1.82) is 0 Å². The fourth-order valence-electron chi connectivity index (χ4n) is 2.38. The third-order valence-corrected chi connectivity index (χ3v) is 9.24. The molecule has 1 aliphatic heterocycles. The molecule has 6 heteroatoms. The summed E-state index contributed by atoms with van der Waals surface area (Å²) in [7, 11) is -0.320. The second kappa shape index (κ2) is 7.79. The molecule has 25 heavy (non-hydrogen) atoms. The molecule has 0 aromatic heterocycles. The first-order chi connectivity index (χ1) is 11.7. The van der Waals surface area contributed by atoms with E-state index in [1.54, 1.807) is 12.0 Å². The van der Waals surface area contributed by atoms with E-state index >= 15 is 0 Å². The summed E-state index contributed by atoms with van der Waals surface area (Å²) in [5.41, 5.74) is 1.19. The molecule has 0 bridgehead atoms. The quantitative estimate of drug-likeness (QED) is 0.695. The monoisotopic (exact) mass is 366 g/mol. The number of methoxy groups -OCH3 is 1. The van der Waals surface area contributed by atoms with Gasteiger partial charge in [0.1, 0.15) is 5.75 Å². The van der Waals surface area contributed by atoms with Crippen molar-refractivity contribution in [3.05, 3.63) is 29.8 Å². The Hall–Kier alpha value is -1.53. The highest BCUT2D eigenvalue weighted by atomic mass is 28.4. The van der Waals surface area contributed by atoms with Crippen molar-refractivity contribution in [1.82, 2.24) is 0 Å². The van der Waals surface area contributed by atoms with Gasteiger partial charge in [-0.05, 0) is 42.8 Å². The van der Waals surface area contributed by atoms with Gasteiger partial charge in [-0.2, -0.15) is 4.84 Å². The van der Waals surface area contributed by atoms with Gasteiger partial charge < -0.3 is 14.0 Å². The predicted octanol–water partition coefficient (Wildman–Crippen LogP) is 4.50. The summed E-state index contributed by atoms with van der Waals surface area (Å²) in [6.07, 6.45) is 2.46. The van der Waals surface area contributed by atoms with Gasteiger partial charge >= 0.3 is 8.32 Å². The van der Waals surface area contributed by atoms with Crippen LogP contribution in [0.4, 0.5) is 0 Å². The minimum atomic E-state index is -2.00. The summed E-state index contributed by atoms with van der Waals surface area (Å²) < 4.78 is 17.3. The Kier molecular flexibility index (Phi) is 6.16. The van der Waals surface area contributed by atoms with Crippen LogP contribution in [0.2, 0.25) is 18.1 Å². The van der Waals surface area contributed by atoms with E-state index in [0.29, 0.717) is 6.61 Å². The lowest BCUT2D eigenvalue weighted by Gasteiger charge is -2.32. The van der Waals surface area contributed by atoms with Crippen LogP contribution in [0.25, 0.3) is 0 Å². The van der Waals surface area contributed by atoms with Crippen LogP contribution in [0, 0.1) is 0 Å². The Balaban J connectivity index is 2.25. The van der Waals surface area contributed by atoms with Crippen molar-refractivity contribution in [2.45, 2.75) is 64.5 Å².